The van der Waals surface area contributed by atoms with E-state index in [2.05, 4.69) is 15.2 Å². The van der Waals surface area contributed by atoms with Gasteiger partial charge >= 0.3 is 6.09 Å². The van der Waals surface area contributed by atoms with E-state index in [1.807, 2.05) is 36.4 Å². The standard InChI is InChI=1S/C24H32N4O4/c1-24(2,3)32-23(30)26-19(17-18-9-11-25-12-10-18)22(29)28-15-13-27(14-16-28)20-7-5-6-8-21(20)31-4/h5-12,19H,13-17H2,1-4H3,(H,26,30)/t19-/m1/s1. The van der Waals surface area contributed by atoms with Crippen LogP contribution in [0, 0.1) is 0 Å². The molecular weight excluding hydrogens is 408 g/mol. The number of nitrogens with one attached hydrogen (secondary N) is 1. The summed E-state index contributed by atoms with van der Waals surface area (Å²) < 4.78 is 10.9. The quantitative estimate of drug-likeness (QED) is 0.744. The first-order valence-corrected chi connectivity index (χ1v) is 10.8. The predicted molar refractivity (Wildman–Crippen MR) is 123 cm³/mol. The van der Waals surface area contributed by atoms with Gasteiger partial charge in [-0.15, -0.1) is 0 Å². The van der Waals surface area contributed by atoms with Gasteiger partial charge in [0, 0.05) is 45.0 Å². The van der Waals surface area contributed by atoms with Gasteiger partial charge in [-0.25, -0.2) is 4.79 Å². The molecule has 0 bridgehead atoms. The topological polar surface area (TPSA) is 84.0 Å². The molecule has 0 spiro atoms. The molecule has 172 valence electrons. The molecule has 0 unspecified atom stereocenters. The van der Waals surface area contributed by atoms with Crippen LogP contribution in [-0.4, -0.2) is 66.8 Å². The van der Waals surface area contributed by atoms with Crippen LogP contribution in [0.2, 0.25) is 0 Å². The van der Waals surface area contributed by atoms with Gasteiger partial charge in [0.25, 0.3) is 0 Å². The first-order chi connectivity index (χ1) is 15.3. The summed E-state index contributed by atoms with van der Waals surface area (Å²) in [6.07, 6.45) is 3.12. The number of nitrogens with zero attached hydrogens (tertiary/aromatic N) is 3. The molecule has 32 heavy (non-hydrogen) atoms. The van der Waals surface area contributed by atoms with Crippen molar-refractivity contribution in [3.63, 3.8) is 0 Å². The minimum Gasteiger partial charge on any atom is -0.495 e. The van der Waals surface area contributed by atoms with Crippen LogP contribution in [0.3, 0.4) is 0 Å². The molecule has 1 fully saturated rings. The number of carbonyl (C=O) groups excluding carboxylic acids is 2. The Labute approximate surface area is 189 Å². The minimum absolute atomic E-state index is 0.118. The van der Waals surface area contributed by atoms with Crippen molar-refractivity contribution in [2.24, 2.45) is 0 Å². The molecule has 0 aliphatic carbocycles. The lowest BCUT2D eigenvalue weighted by Crippen LogP contribution is -2.56. The van der Waals surface area contributed by atoms with Crippen molar-refractivity contribution >= 4 is 17.7 Å². The summed E-state index contributed by atoms with van der Waals surface area (Å²) in [6, 6.07) is 10.8. The summed E-state index contributed by atoms with van der Waals surface area (Å²) in [5.41, 5.74) is 1.29. The molecule has 1 aromatic heterocycles. The highest BCUT2D eigenvalue weighted by Gasteiger charge is 2.30. The van der Waals surface area contributed by atoms with E-state index < -0.39 is 17.7 Å². The number of benzene rings is 1. The number of aromatic nitrogens is 1. The maximum Gasteiger partial charge on any atom is 0.408 e. The fourth-order valence-corrected chi connectivity index (χ4v) is 3.68. The molecule has 1 N–H and O–H groups in total. The molecule has 2 heterocycles. The minimum atomic E-state index is -0.718. The van der Waals surface area contributed by atoms with Crippen molar-refractivity contribution in [1.29, 1.82) is 0 Å². The molecule has 3 rings (SSSR count). The SMILES string of the molecule is COc1ccccc1N1CCN(C(=O)[C@@H](Cc2ccncc2)NC(=O)OC(C)(C)C)CC1. The van der Waals surface area contributed by atoms with E-state index in [1.54, 1.807) is 45.2 Å². The lowest BCUT2D eigenvalue weighted by Gasteiger charge is -2.38. The fraction of sp³-hybridized carbons (Fsp3) is 0.458. The number of amides is 2. The molecule has 0 radical (unpaired) electrons. The lowest BCUT2D eigenvalue weighted by molar-refractivity contribution is -0.133. The number of carbonyl (C=O) groups is 2. The van der Waals surface area contributed by atoms with Crippen LogP contribution in [-0.2, 0) is 16.0 Å². The van der Waals surface area contributed by atoms with E-state index in [0.717, 1.165) is 17.0 Å². The van der Waals surface area contributed by atoms with E-state index in [4.69, 9.17) is 9.47 Å². The number of pyridine rings is 1. The van der Waals surface area contributed by atoms with E-state index in [0.29, 0.717) is 32.6 Å². The number of piperazine rings is 1. The number of hydrogen-bond acceptors (Lipinski definition) is 6. The third kappa shape index (κ3) is 6.35. The molecule has 8 nitrogen and oxygen atoms in total. The van der Waals surface area contributed by atoms with Crippen molar-refractivity contribution in [2.45, 2.75) is 38.8 Å². The van der Waals surface area contributed by atoms with Gasteiger partial charge in [0.2, 0.25) is 5.91 Å². The first kappa shape index (κ1) is 23.4. The molecule has 8 heteroatoms. The molecule has 1 aliphatic rings. The Morgan fingerprint density at radius 2 is 1.72 bits per heavy atom. The number of rotatable bonds is 6. The van der Waals surface area contributed by atoms with Crippen molar-refractivity contribution in [3.05, 3.63) is 54.4 Å². The van der Waals surface area contributed by atoms with Crippen LogP contribution < -0.4 is 15.0 Å². The summed E-state index contributed by atoms with van der Waals surface area (Å²) in [6.45, 7) is 7.86. The summed E-state index contributed by atoms with van der Waals surface area (Å²) in [4.78, 5) is 33.8. The zero-order valence-electron chi connectivity index (χ0n) is 19.2. The Kier molecular flexibility index (Phi) is 7.56. The van der Waals surface area contributed by atoms with E-state index in [9.17, 15) is 9.59 Å². The highest BCUT2D eigenvalue weighted by molar-refractivity contribution is 5.86. The number of alkyl carbamates (subject to hydrolysis) is 1. The zero-order chi connectivity index (χ0) is 23.1. The van der Waals surface area contributed by atoms with E-state index in [1.165, 1.54) is 0 Å². The smallest absolute Gasteiger partial charge is 0.408 e. The number of methoxy groups -OCH3 is 1. The van der Waals surface area contributed by atoms with Crippen molar-refractivity contribution in [3.8, 4) is 5.75 Å². The van der Waals surface area contributed by atoms with Crippen LogP contribution in [0.5, 0.6) is 5.75 Å². The predicted octanol–water partition coefficient (Wildman–Crippen LogP) is 2.87. The summed E-state index contributed by atoms with van der Waals surface area (Å²) in [7, 11) is 1.66. The van der Waals surface area contributed by atoms with E-state index in [-0.39, 0.29) is 5.91 Å². The maximum atomic E-state index is 13.4. The Bertz CT molecular complexity index is 906. The lowest BCUT2D eigenvalue weighted by atomic mass is 10.1. The second kappa shape index (κ2) is 10.3. The number of para-hydroxylation sites is 2. The Hall–Kier alpha value is -3.29. The Morgan fingerprint density at radius 1 is 1.06 bits per heavy atom. The highest BCUT2D eigenvalue weighted by Crippen LogP contribution is 2.28. The van der Waals surface area contributed by atoms with Crippen LogP contribution in [0.4, 0.5) is 10.5 Å². The average Bonchev–Trinajstić information content (AvgIpc) is 2.77. The number of ether oxygens (including phenoxy) is 2. The van der Waals surface area contributed by atoms with Crippen LogP contribution in [0.1, 0.15) is 26.3 Å². The molecule has 2 aromatic rings. The Morgan fingerprint density at radius 3 is 2.34 bits per heavy atom. The van der Waals surface area contributed by atoms with Gasteiger partial charge in [-0.1, -0.05) is 12.1 Å². The zero-order valence-corrected chi connectivity index (χ0v) is 19.2. The second-order valence-electron chi connectivity index (χ2n) is 8.74. The third-order valence-corrected chi connectivity index (χ3v) is 5.20. The van der Waals surface area contributed by atoms with Gasteiger partial charge in [0.15, 0.2) is 0 Å². The van der Waals surface area contributed by atoms with Gasteiger partial charge in [0.1, 0.15) is 17.4 Å². The molecule has 0 saturated carbocycles. The second-order valence-corrected chi connectivity index (χ2v) is 8.74. The summed E-state index contributed by atoms with van der Waals surface area (Å²) in [5.74, 6) is 0.696. The van der Waals surface area contributed by atoms with Gasteiger partial charge in [-0.3, -0.25) is 9.78 Å². The van der Waals surface area contributed by atoms with Crippen molar-refractivity contribution in [2.75, 3.05) is 38.2 Å². The largest absolute Gasteiger partial charge is 0.495 e. The van der Waals surface area contributed by atoms with Crippen LogP contribution >= 0.6 is 0 Å². The molecular formula is C24H32N4O4. The van der Waals surface area contributed by atoms with Gasteiger partial charge in [-0.05, 0) is 50.6 Å². The normalized spacial score (nSPS) is 15.1. The van der Waals surface area contributed by atoms with Crippen molar-refractivity contribution < 1.29 is 19.1 Å². The Balaban J connectivity index is 1.68. The van der Waals surface area contributed by atoms with E-state index >= 15 is 0 Å². The molecule has 1 atom stereocenters. The fourth-order valence-electron chi connectivity index (χ4n) is 3.68. The summed E-state index contributed by atoms with van der Waals surface area (Å²) in [5, 5.41) is 2.77. The molecule has 2 amide bonds. The molecule has 1 saturated heterocycles. The van der Waals surface area contributed by atoms with Gasteiger partial charge in [-0.2, -0.15) is 0 Å². The average molecular weight is 441 g/mol. The molecule has 1 aromatic carbocycles. The van der Waals surface area contributed by atoms with Crippen molar-refractivity contribution in [1.82, 2.24) is 15.2 Å². The number of hydrogen-bond donors (Lipinski definition) is 1. The first-order valence-electron chi connectivity index (χ1n) is 10.8. The van der Waals surface area contributed by atoms with Gasteiger partial charge < -0.3 is 24.6 Å². The third-order valence-electron chi connectivity index (χ3n) is 5.20. The van der Waals surface area contributed by atoms with Crippen LogP contribution in [0.25, 0.3) is 0 Å². The summed E-state index contributed by atoms with van der Waals surface area (Å²) >= 11 is 0. The highest BCUT2D eigenvalue weighted by atomic mass is 16.6. The maximum absolute atomic E-state index is 13.4. The molecule has 1 aliphatic heterocycles. The van der Waals surface area contributed by atoms with Crippen LogP contribution in [0.15, 0.2) is 48.8 Å². The monoisotopic (exact) mass is 440 g/mol. The number of anilines is 1. The van der Waals surface area contributed by atoms with Gasteiger partial charge in [0.05, 0.1) is 12.8 Å².